The number of ether oxygens (including phenoxy) is 1. The lowest BCUT2D eigenvalue weighted by atomic mass is 10.2. The number of hydrogen-bond acceptors (Lipinski definition) is 4. The smallest absolute Gasteiger partial charge is 0.261 e. The van der Waals surface area contributed by atoms with E-state index in [-0.39, 0.29) is 4.90 Å². The van der Waals surface area contributed by atoms with Gasteiger partial charge in [0.25, 0.3) is 10.0 Å². The molecule has 0 heterocycles. The van der Waals surface area contributed by atoms with E-state index < -0.39 is 10.0 Å². The summed E-state index contributed by atoms with van der Waals surface area (Å²) in [7, 11) is -3.61. The summed E-state index contributed by atoms with van der Waals surface area (Å²) in [6.07, 6.45) is 4.75. The zero-order valence-electron chi connectivity index (χ0n) is 18.1. The average Bonchev–Trinajstić information content (AvgIpc) is 2.77. The summed E-state index contributed by atoms with van der Waals surface area (Å²) < 4.78 is 33.5. The van der Waals surface area contributed by atoms with E-state index in [1.54, 1.807) is 36.4 Å². The minimum Gasteiger partial charge on any atom is -0.494 e. The molecule has 5 nitrogen and oxygen atoms in total. The Labute approximate surface area is 185 Å². The van der Waals surface area contributed by atoms with Gasteiger partial charge in [-0.2, -0.15) is 0 Å². The number of sulfonamides is 1. The Balaban J connectivity index is 1.59. The third-order valence-corrected chi connectivity index (χ3v) is 6.32. The standard InChI is InChI=1S/C25H30N2O3S/c1-3-4-5-9-18-30-23-15-12-21(13-16-23)26-22-14-17-25(20(2)19-22)27-31(28,29)24-10-7-6-8-11-24/h6-8,10-17,19,26-27H,3-5,9,18H2,1-2H3. The summed E-state index contributed by atoms with van der Waals surface area (Å²) >= 11 is 0. The van der Waals surface area contributed by atoms with E-state index in [1.807, 2.05) is 43.3 Å². The van der Waals surface area contributed by atoms with Crippen LogP contribution in [-0.2, 0) is 10.0 Å². The molecule has 0 unspecified atom stereocenters. The average molecular weight is 439 g/mol. The Morgan fingerprint density at radius 2 is 1.55 bits per heavy atom. The van der Waals surface area contributed by atoms with Crippen molar-refractivity contribution in [1.82, 2.24) is 0 Å². The third kappa shape index (κ3) is 6.76. The molecule has 0 aliphatic rings. The van der Waals surface area contributed by atoms with Gasteiger partial charge in [0, 0.05) is 11.4 Å². The molecule has 0 spiro atoms. The highest BCUT2D eigenvalue weighted by Gasteiger charge is 2.14. The van der Waals surface area contributed by atoms with Gasteiger partial charge >= 0.3 is 0 Å². The van der Waals surface area contributed by atoms with Gasteiger partial charge in [-0.3, -0.25) is 4.72 Å². The molecule has 0 saturated carbocycles. The molecule has 164 valence electrons. The fraction of sp³-hybridized carbons (Fsp3) is 0.280. The van der Waals surface area contributed by atoms with Crippen LogP contribution < -0.4 is 14.8 Å². The molecule has 0 aliphatic carbocycles. The zero-order chi connectivity index (χ0) is 22.1. The van der Waals surface area contributed by atoms with E-state index in [1.165, 1.54) is 19.3 Å². The SMILES string of the molecule is CCCCCCOc1ccc(Nc2ccc(NS(=O)(=O)c3ccccc3)c(C)c2)cc1. The molecule has 0 aliphatic heterocycles. The topological polar surface area (TPSA) is 67.4 Å². The van der Waals surface area contributed by atoms with Crippen molar-refractivity contribution in [2.24, 2.45) is 0 Å². The first-order valence-corrected chi connectivity index (χ1v) is 12.1. The molecule has 3 aromatic rings. The van der Waals surface area contributed by atoms with Crippen LogP contribution in [0.1, 0.15) is 38.2 Å². The van der Waals surface area contributed by atoms with Crippen LogP contribution in [0.4, 0.5) is 17.1 Å². The molecule has 6 heteroatoms. The highest BCUT2D eigenvalue weighted by molar-refractivity contribution is 7.92. The van der Waals surface area contributed by atoms with Gasteiger partial charge in [-0.1, -0.05) is 44.4 Å². The molecule has 3 rings (SSSR count). The molecule has 3 aromatic carbocycles. The molecular weight excluding hydrogens is 408 g/mol. The maximum Gasteiger partial charge on any atom is 0.261 e. The molecule has 0 fully saturated rings. The number of hydrogen-bond donors (Lipinski definition) is 2. The van der Waals surface area contributed by atoms with Crippen LogP contribution in [0.3, 0.4) is 0 Å². The van der Waals surface area contributed by atoms with Crippen molar-refractivity contribution in [1.29, 1.82) is 0 Å². The molecule has 0 atom stereocenters. The molecule has 0 saturated heterocycles. The first-order valence-electron chi connectivity index (χ1n) is 10.7. The second-order valence-electron chi connectivity index (χ2n) is 7.51. The highest BCUT2D eigenvalue weighted by Crippen LogP contribution is 2.26. The van der Waals surface area contributed by atoms with E-state index in [2.05, 4.69) is 17.0 Å². The predicted octanol–water partition coefficient (Wildman–Crippen LogP) is 6.50. The first-order chi connectivity index (χ1) is 15.0. The predicted molar refractivity (Wildman–Crippen MR) is 128 cm³/mol. The van der Waals surface area contributed by atoms with Crippen molar-refractivity contribution < 1.29 is 13.2 Å². The van der Waals surface area contributed by atoms with Gasteiger partial charge < -0.3 is 10.1 Å². The Bertz CT molecular complexity index is 1070. The minimum atomic E-state index is -3.61. The highest BCUT2D eigenvalue weighted by atomic mass is 32.2. The van der Waals surface area contributed by atoms with Crippen LogP contribution in [0.25, 0.3) is 0 Å². The summed E-state index contributed by atoms with van der Waals surface area (Å²) in [6.45, 7) is 4.82. The van der Waals surface area contributed by atoms with Crippen LogP contribution >= 0.6 is 0 Å². The van der Waals surface area contributed by atoms with Crippen LogP contribution in [0, 0.1) is 6.92 Å². The fourth-order valence-corrected chi connectivity index (χ4v) is 4.33. The van der Waals surface area contributed by atoms with Crippen LogP contribution in [0.5, 0.6) is 5.75 Å². The quantitative estimate of drug-likeness (QED) is 0.335. The Morgan fingerprint density at radius 1 is 0.839 bits per heavy atom. The van der Waals surface area contributed by atoms with Gasteiger partial charge in [-0.15, -0.1) is 0 Å². The van der Waals surface area contributed by atoms with E-state index in [9.17, 15) is 8.42 Å². The summed E-state index contributed by atoms with van der Waals surface area (Å²) in [5.74, 6) is 0.865. The first kappa shape index (κ1) is 22.7. The zero-order valence-corrected chi connectivity index (χ0v) is 18.9. The molecule has 0 amide bonds. The van der Waals surface area contributed by atoms with Crippen molar-refractivity contribution in [3.8, 4) is 5.75 Å². The summed E-state index contributed by atoms with van der Waals surface area (Å²) in [6, 6.07) is 21.8. The second-order valence-corrected chi connectivity index (χ2v) is 9.19. The third-order valence-electron chi connectivity index (χ3n) is 4.93. The number of unbranched alkanes of at least 4 members (excludes halogenated alkanes) is 3. The number of aryl methyl sites for hydroxylation is 1. The van der Waals surface area contributed by atoms with Gasteiger partial charge in [-0.25, -0.2) is 8.42 Å². The molecule has 31 heavy (non-hydrogen) atoms. The van der Waals surface area contributed by atoms with E-state index in [0.717, 1.165) is 35.7 Å². The molecule has 2 N–H and O–H groups in total. The van der Waals surface area contributed by atoms with Crippen molar-refractivity contribution in [3.63, 3.8) is 0 Å². The molecule has 0 bridgehead atoms. The number of anilines is 3. The molecular formula is C25H30N2O3S. The maximum absolute atomic E-state index is 12.5. The van der Waals surface area contributed by atoms with Gasteiger partial charge in [0.15, 0.2) is 0 Å². The van der Waals surface area contributed by atoms with Gasteiger partial charge in [0.2, 0.25) is 0 Å². The van der Waals surface area contributed by atoms with Crippen molar-refractivity contribution in [2.45, 2.75) is 44.4 Å². The van der Waals surface area contributed by atoms with Crippen molar-refractivity contribution >= 4 is 27.1 Å². The summed E-state index contributed by atoms with van der Waals surface area (Å²) in [5.41, 5.74) is 3.21. The Morgan fingerprint density at radius 3 is 2.23 bits per heavy atom. The molecule has 0 radical (unpaired) electrons. The maximum atomic E-state index is 12.5. The summed E-state index contributed by atoms with van der Waals surface area (Å²) in [4.78, 5) is 0.240. The van der Waals surface area contributed by atoms with Gasteiger partial charge in [0.05, 0.1) is 17.2 Å². The second kappa shape index (κ2) is 10.9. The Kier molecular flexibility index (Phi) is 7.95. The van der Waals surface area contributed by atoms with Crippen LogP contribution in [0.2, 0.25) is 0 Å². The minimum absolute atomic E-state index is 0.240. The van der Waals surface area contributed by atoms with Crippen molar-refractivity contribution in [3.05, 3.63) is 78.4 Å². The van der Waals surface area contributed by atoms with Gasteiger partial charge in [0.1, 0.15) is 5.75 Å². The van der Waals surface area contributed by atoms with Crippen LogP contribution in [0.15, 0.2) is 77.7 Å². The normalized spacial score (nSPS) is 11.2. The van der Waals surface area contributed by atoms with E-state index >= 15 is 0 Å². The monoisotopic (exact) mass is 438 g/mol. The van der Waals surface area contributed by atoms with E-state index in [0.29, 0.717) is 5.69 Å². The lowest BCUT2D eigenvalue weighted by Gasteiger charge is -2.13. The van der Waals surface area contributed by atoms with Crippen molar-refractivity contribution in [2.75, 3.05) is 16.6 Å². The number of rotatable bonds is 11. The largest absolute Gasteiger partial charge is 0.494 e. The number of nitrogens with one attached hydrogen (secondary N) is 2. The molecule has 0 aromatic heterocycles. The Hall–Kier alpha value is -2.99. The van der Waals surface area contributed by atoms with Gasteiger partial charge in [-0.05, 0) is 73.5 Å². The lowest BCUT2D eigenvalue weighted by Crippen LogP contribution is -2.13. The van der Waals surface area contributed by atoms with E-state index in [4.69, 9.17) is 4.74 Å². The summed E-state index contributed by atoms with van der Waals surface area (Å²) in [5, 5.41) is 3.34. The fourth-order valence-electron chi connectivity index (χ4n) is 3.18. The number of benzene rings is 3. The lowest BCUT2D eigenvalue weighted by molar-refractivity contribution is 0.305. The van der Waals surface area contributed by atoms with Crippen LogP contribution in [-0.4, -0.2) is 15.0 Å².